The van der Waals surface area contributed by atoms with Gasteiger partial charge in [0, 0.05) is 31.4 Å². The average Bonchev–Trinajstić information content (AvgIpc) is 2.64. The van der Waals surface area contributed by atoms with Gasteiger partial charge in [-0.1, -0.05) is 5.16 Å². The fourth-order valence-electron chi connectivity index (χ4n) is 1.52. The summed E-state index contributed by atoms with van der Waals surface area (Å²) in [5, 5.41) is 3.78. The number of nitrogens with two attached hydrogens (primary N) is 1. The quantitative estimate of drug-likeness (QED) is 0.844. The lowest BCUT2D eigenvalue weighted by Gasteiger charge is -2.15. The van der Waals surface area contributed by atoms with Crippen molar-refractivity contribution in [3.05, 3.63) is 30.1 Å². The number of nitrogens with zero attached hydrogens (tertiary/aromatic N) is 2. The molecule has 5 heteroatoms. The molecule has 2 rings (SSSR count). The van der Waals surface area contributed by atoms with Crippen molar-refractivity contribution in [3.8, 4) is 11.3 Å². The number of benzene rings is 1. The van der Waals surface area contributed by atoms with Gasteiger partial charge in [0.15, 0.2) is 0 Å². The summed E-state index contributed by atoms with van der Waals surface area (Å²) in [4.78, 5) is 1.87. The van der Waals surface area contributed by atoms with Gasteiger partial charge in [-0.3, -0.25) is 0 Å². The van der Waals surface area contributed by atoms with E-state index >= 15 is 0 Å². The average molecular weight is 221 g/mol. The van der Waals surface area contributed by atoms with Crippen LogP contribution in [-0.4, -0.2) is 19.3 Å². The highest BCUT2D eigenvalue weighted by Crippen LogP contribution is 2.30. The van der Waals surface area contributed by atoms with E-state index in [0.29, 0.717) is 11.3 Å². The fraction of sp³-hybridized carbons (Fsp3) is 0.182. The molecule has 0 radical (unpaired) electrons. The van der Waals surface area contributed by atoms with Gasteiger partial charge in [-0.2, -0.15) is 0 Å². The number of anilines is 2. The maximum atomic E-state index is 13.2. The molecular weight excluding hydrogens is 209 g/mol. The van der Waals surface area contributed by atoms with Crippen LogP contribution in [0.3, 0.4) is 0 Å². The van der Waals surface area contributed by atoms with Crippen molar-refractivity contribution in [1.82, 2.24) is 5.16 Å². The molecule has 0 atom stereocenters. The van der Waals surface area contributed by atoms with Gasteiger partial charge >= 0.3 is 0 Å². The standard InChI is InChI=1S/C11H12FN3O/c1-15(2)10-4-3-7(12)5-8(10)9-6-11(13)16-14-9/h3-6H,13H2,1-2H3. The van der Waals surface area contributed by atoms with Gasteiger partial charge in [-0.25, -0.2) is 4.39 Å². The molecule has 0 saturated carbocycles. The second-order valence-corrected chi connectivity index (χ2v) is 3.67. The van der Waals surface area contributed by atoms with E-state index in [2.05, 4.69) is 5.16 Å². The summed E-state index contributed by atoms with van der Waals surface area (Å²) in [7, 11) is 3.75. The summed E-state index contributed by atoms with van der Waals surface area (Å²) in [6.45, 7) is 0. The van der Waals surface area contributed by atoms with Crippen molar-refractivity contribution in [2.24, 2.45) is 0 Å². The molecule has 4 nitrogen and oxygen atoms in total. The third-order valence-corrected chi connectivity index (χ3v) is 2.24. The zero-order valence-electron chi connectivity index (χ0n) is 9.07. The van der Waals surface area contributed by atoms with Crippen LogP contribution in [0.25, 0.3) is 11.3 Å². The second-order valence-electron chi connectivity index (χ2n) is 3.67. The van der Waals surface area contributed by atoms with Gasteiger partial charge in [-0.15, -0.1) is 0 Å². The predicted molar refractivity (Wildman–Crippen MR) is 60.6 cm³/mol. The Morgan fingerprint density at radius 1 is 1.31 bits per heavy atom. The molecule has 0 spiro atoms. The van der Waals surface area contributed by atoms with Crippen LogP contribution < -0.4 is 10.6 Å². The van der Waals surface area contributed by atoms with E-state index < -0.39 is 0 Å². The Morgan fingerprint density at radius 3 is 2.62 bits per heavy atom. The minimum atomic E-state index is -0.317. The summed E-state index contributed by atoms with van der Waals surface area (Å²) >= 11 is 0. The third kappa shape index (κ3) is 1.84. The third-order valence-electron chi connectivity index (χ3n) is 2.24. The summed E-state index contributed by atoms with van der Waals surface area (Å²) in [6, 6.07) is 6.08. The van der Waals surface area contributed by atoms with E-state index in [1.165, 1.54) is 12.1 Å². The molecule has 1 aromatic carbocycles. The SMILES string of the molecule is CN(C)c1ccc(F)cc1-c1cc(N)on1. The summed E-state index contributed by atoms with van der Waals surface area (Å²) in [5.41, 5.74) is 7.49. The lowest BCUT2D eigenvalue weighted by atomic mass is 10.1. The Bertz CT molecular complexity index is 508. The smallest absolute Gasteiger partial charge is 0.222 e. The van der Waals surface area contributed by atoms with E-state index in [1.54, 1.807) is 12.1 Å². The number of nitrogen functional groups attached to an aromatic ring is 1. The van der Waals surface area contributed by atoms with Gasteiger partial charge in [0.05, 0.1) is 0 Å². The van der Waals surface area contributed by atoms with Crippen molar-refractivity contribution < 1.29 is 8.91 Å². The van der Waals surface area contributed by atoms with Crippen LogP contribution in [0.4, 0.5) is 16.0 Å². The Kier molecular flexibility index (Phi) is 2.52. The number of hydrogen-bond donors (Lipinski definition) is 1. The first-order valence-electron chi connectivity index (χ1n) is 4.77. The van der Waals surface area contributed by atoms with E-state index in [0.717, 1.165) is 5.69 Å². The minimum absolute atomic E-state index is 0.212. The fourth-order valence-corrected chi connectivity index (χ4v) is 1.52. The zero-order chi connectivity index (χ0) is 11.7. The highest BCUT2D eigenvalue weighted by atomic mass is 19.1. The van der Waals surface area contributed by atoms with Crippen LogP contribution in [0.2, 0.25) is 0 Å². The van der Waals surface area contributed by atoms with Crippen molar-refractivity contribution >= 4 is 11.6 Å². The van der Waals surface area contributed by atoms with E-state index in [1.807, 2.05) is 19.0 Å². The molecule has 0 aliphatic heterocycles. The molecule has 1 heterocycles. The molecule has 1 aromatic heterocycles. The first-order chi connectivity index (χ1) is 7.58. The highest BCUT2D eigenvalue weighted by molar-refractivity contribution is 5.76. The van der Waals surface area contributed by atoms with E-state index in [4.69, 9.17) is 10.3 Å². The first-order valence-corrected chi connectivity index (χ1v) is 4.77. The predicted octanol–water partition coefficient (Wildman–Crippen LogP) is 2.13. The van der Waals surface area contributed by atoms with Crippen LogP contribution in [-0.2, 0) is 0 Å². The summed E-state index contributed by atoms with van der Waals surface area (Å²) in [6.07, 6.45) is 0. The zero-order valence-corrected chi connectivity index (χ0v) is 9.07. The Hall–Kier alpha value is -2.04. The molecule has 84 valence electrons. The second kappa shape index (κ2) is 3.84. The molecular formula is C11H12FN3O. The number of halogens is 1. The van der Waals surface area contributed by atoms with E-state index in [-0.39, 0.29) is 11.7 Å². The lowest BCUT2D eigenvalue weighted by molar-refractivity contribution is 0.439. The number of rotatable bonds is 2. The minimum Gasteiger partial charge on any atom is -0.377 e. The largest absolute Gasteiger partial charge is 0.377 e. The van der Waals surface area contributed by atoms with E-state index in [9.17, 15) is 4.39 Å². The highest BCUT2D eigenvalue weighted by Gasteiger charge is 2.12. The molecule has 2 N–H and O–H groups in total. The van der Waals surface area contributed by atoms with Crippen LogP contribution in [0, 0.1) is 5.82 Å². The Morgan fingerprint density at radius 2 is 2.06 bits per heavy atom. The maximum absolute atomic E-state index is 13.2. The van der Waals surface area contributed by atoms with Crippen molar-refractivity contribution in [2.75, 3.05) is 24.7 Å². The Balaban J connectivity index is 2.57. The van der Waals surface area contributed by atoms with Gasteiger partial charge in [0.2, 0.25) is 5.88 Å². The first kappa shape index (κ1) is 10.5. The van der Waals surface area contributed by atoms with Crippen molar-refractivity contribution in [1.29, 1.82) is 0 Å². The summed E-state index contributed by atoms with van der Waals surface area (Å²) in [5.74, 6) is -0.105. The number of hydrogen-bond acceptors (Lipinski definition) is 4. The molecule has 0 saturated heterocycles. The van der Waals surface area contributed by atoms with Crippen LogP contribution in [0.15, 0.2) is 28.8 Å². The van der Waals surface area contributed by atoms with Crippen LogP contribution in [0.1, 0.15) is 0 Å². The van der Waals surface area contributed by atoms with Crippen LogP contribution in [0.5, 0.6) is 0 Å². The van der Waals surface area contributed by atoms with Gasteiger partial charge in [-0.05, 0) is 18.2 Å². The monoisotopic (exact) mass is 221 g/mol. The van der Waals surface area contributed by atoms with Gasteiger partial charge in [0.1, 0.15) is 11.5 Å². The molecule has 0 aliphatic rings. The molecule has 0 amide bonds. The topological polar surface area (TPSA) is 55.3 Å². The molecule has 2 aromatic rings. The van der Waals surface area contributed by atoms with Crippen molar-refractivity contribution in [3.63, 3.8) is 0 Å². The number of aromatic nitrogens is 1. The molecule has 0 fully saturated rings. The normalized spacial score (nSPS) is 10.4. The maximum Gasteiger partial charge on any atom is 0.222 e. The van der Waals surface area contributed by atoms with Gasteiger partial charge < -0.3 is 15.2 Å². The van der Waals surface area contributed by atoms with Crippen LogP contribution >= 0.6 is 0 Å². The summed E-state index contributed by atoms with van der Waals surface area (Å²) < 4.78 is 18.0. The Labute approximate surface area is 92.4 Å². The lowest BCUT2D eigenvalue weighted by Crippen LogP contribution is -2.10. The van der Waals surface area contributed by atoms with Crippen molar-refractivity contribution in [2.45, 2.75) is 0 Å². The molecule has 0 bridgehead atoms. The molecule has 0 unspecified atom stereocenters. The molecule has 0 aliphatic carbocycles. The molecule has 16 heavy (non-hydrogen) atoms. The van der Waals surface area contributed by atoms with Gasteiger partial charge in [0.25, 0.3) is 0 Å².